The largest absolute Gasteiger partial charge is 0.462 e. The minimum Gasteiger partial charge on any atom is -0.462 e. The fourth-order valence-corrected chi connectivity index (χ4v) is 3.34. The van der Waals surface area contributed by atoms with Crippen LogP contribution in [0, 0.1) is 0 Å². The molecule has 1 aliphatic heterocycles. The number of thiazole rings is 1. The summed E-state index contributed by atoms with van der Waals surface area (Å²) >= 11 is 1.50. The van der Waals surface area contributed by atoms with E-state index in [-0.39, 0.29) is 18.1 Å². The molecule has 0 spiro atoms. The lowest BCUT2D eigenvalue weighted by Gasteiger charge is -2.35. The zero-order valence-corrected chi connectivity index (χ0v) is 12.9. The van der Waals surface area contributed by atoms with Gasteiger partial charge in [-0.1, -0.05) is 0 Å². The van der Waals surface area contributed by atoms with Crippen LogP contribution in [0.15, 0.2) is 28.2 Å². The van der Waals surface area contributed by atoms with Crippen LogP contribution in [0.5, 0.6) is 0 Å². The van der Waals surface area contributed by atoms with Crippen LogP contribution in [0.25, 0.3) is 10.8 Å². The van der Waals surface area contributed by atoms with Crippen LogP contribution in [0.1, 0.15) is 19.5 Å². The van der Waals surface area contributed by atoms with Gasteiger partial charge in [0.15, 0.2) is 10.8 Å². The van der Waals surface area contributed by atoms with Gasteiger partial charge in [-0.25, -0.2) is 4.98 Å². The van der Waals surface area contributed by atoms with Crippen molar-refractivity contribution in [3.8, 4) is 10.8 Å². The van der Waals surface area contributed by atoms with Gasteiger partial charge in [0.25, 0.3) is 0 Å². The Morgan fingerprint density at radius 2 is 2.19 bits per heavy atom. The minimum absolute atomic E-state index is 0.0896. The van der Waals surface area contributed by atoms with Gasteiger partial charge in [-0.2, -0.15) is 0 Å². The predicted octanol–water partition coefficient (Wildman–Crippen LogP) is 2.58. The number of morpholine rings is 1. The average Bonchev–Trinajstić information content (AvgIpc) is 3.07. The van der Waals surface area contributed by atoms with E-state index in [1.165, 1.54) is 11.3 Å². The summed E-state index contributed by atoms with van der Waals surface area (Å²) in [6.45, 7) is 5.29. The van der Waals surface area contributed by atoms with Crippen molar-refractivity contribution in [2.24, 2.45) is 0 Å². The molecule has 0 aliphatic carbocycles. The SMILES string of the molecule is CC1CN(C(=O)Cc2csc(-c3ccco3)n2)CC(C)O1. The highest BCUT2D eigenvalue weighted by atomic mass is 32.1. The number of aromatic nitrogens is 1. The van der Waals surface area contributed by atoms with Gasteiger partial charge in [0.2, 0.25) is 5.91 Å². The van der Waals surface area contributed by atoms with Crippen molar-refractivity contribution in [1.29, 1.82) is 0 Å². The Bertz CT molecular complexity index is 598. The number of rotatable bonds is 3. The Balaban J connectivity index is 1.65. The number of ether oxygens (including phenoxy) is 1. The zero-order valence-electron chi connectivity index (χ0n) is 12.1. The summed E-state index contributed by atoms with van der Waals surface area (Å²) in [6.07, 6.45) is 2.13. The number of amides is 1. The molecule has 1 aliphatic rings. The lowest BCUT2D eigenvalue weighted by molar-refractivity contribution is -0.142. The molecule has 2 atom stereocenters. The van der Waals surface area contributed by atoms with Crippen molar-refractivity contribution in [3.05, 3.63) is 29.5 Å². The summed E-state index contributed by atoms with van der Waals surface area (Å²) in [5.74, 6) is 0.848. The quantitative estimate of drug-likeness (QED) is 0.874. The monoisotopic (exact) mass is 306 g/mol. The third-order valence-corrected chi connectivity index (χ3v) is 4.29. The normalized spacial score (nSPS) is 22.5. The summed E-state index contributed by atoms with van der Waals surface area (Å²) in [7, 11) is 0. The number of hydrogen-bond acceptors (Lipinski definition) is 5. The van der Waals surface area contributed by atoms with Gasteiger partial charge >= 0.3 is 0 Å². The predicted molar refractivity (Wildman–Crippen MR) is 80.1 cm³/mol. The van der Waals surface area contributed by atoms with Gasteiger partial charge in [0, 0.05) is 18.5 Å². The van der Waals surface area contributed by atoms with Crippen molar-refractivity contribution >= 4 is 17.2 Å². The molecule has 0 saturated carbocycles. The first-order valence-electron chi connectivity index (χ1n) is 7.03. The molecule has 1 fully saturated rings. The van der Waals surface area contributed by atoms with Crippen LogP contribution < -0.4 is 0 Å². The summed E-state index contributed by atoms with van der Waals surface area (Å²) in [5, 5.41) is 2.73. The summed E-state index contributed by atoms with van der Waals surface area (Å²) in [6, 6.07) is 3.70. The summed E-state index contributed by atoms with van der Waals surface area (Å²) in [4.78, 5) is 18.7. The van der Waals surface area contributed by atoms with E-state index in [0.717, 1.165) is 16.5 Å². The van der Waals surface area contributed by atoms with Crippen molar-refractivity contribution in [2.75, 3.05) is 13.1 Å². The molecular formula is C15H18N2O3S. The van der Waals surface area contributed by atoms with Crippen molar-refractivity contribution in [2.45, 2.75) is 32.5 Å². The maximum atomic E-state index is 12.4. The number of carbonyl (C=O) groups is 1. The topological polar surface area (TPSA) is 55.6 Å². The highest BCUT2D eigenvalue weighted by Gasteiger charge is 2.26. The van der Waals surface area contributed by atoms with E-state index in [4.69, 9.17) is 9.15 Å². The Morgan fingerprint density at radius 1 is 1.43 bits per heavy atom. The van der Waals surface area contributed by atoms with Crippen LogP contribution in [-0.4, -0.2) is 41.1 Å². The smallest absolute Gasteiger partial charge is 0.228 e. The summed E-state index contributed by atoms with van der Waals surface area (Å²) in [5.41, 5.74) is 0.795. The Labute approximate surface area is 127 Å². The fourth-order valence-electron chi connectivity index (χ4n) is 2.55. The molecule has 112 valence electrons. The van der Waals surface area contributed by atoms with Gasteiger partial charge in [0.05, 0.1) is 30.6 Å². The van der Waals surface area contributed by atoms with E-state index < -0.39 is 0 Å². The molecule has 3 heterocycles. The molecule has 5 nitrogen and oxygen atoms in total. The standard InChI is InChI=1S/C15H18N2O3S/c1-10-7-17(8-11(2)20-10)14(18)6-12-9-21-15(16-12)13-4-3-5-19-13/h3-5,9-11H,6-8H2,1-2H3. The van der Waals surface area contributed by atoms with Crippen LogP contribution in [0.4, 0.5) is 0 Å². The molecule has 21 heavy (non-hydrogen) atoms. The van der Waals surface area contributed by atoms with E-state index in [1.54, 1.807) is 6.26 Å². The Kier molecular flexibility index (Phi) is 4.07. The number of carbonyl (C=O) groups excluding carboxylic acids is 1. The number of hydrogen-bond donors (Lipinski definition) is 0. The fraction of sp³-hybridized carbons (Fsp3) is 0.467. The third-order valence-electron chi connectivity index (χ3n) is 3.39. The van der Waals surface area contributed by atoms with Crippen LogP contribution in [0.2, 0.25) is 0 Å². The van der Waals surface area contributed by atoms with Gasteiger partial charge in [-0.05, 0) is 26.0 Å². The molecule has 1 amide bonds. The van der Waals surface area contributed by atoms with E-state index in [2.05, 4.69) is 4.98 Å². The van der Waals surface area contributed by atoms with E-state index in [9.17, 15) is 4.79 Å². The maximum Gasteiger partial charge on any atom is 0.228 e. The molecule has 3 rings (SSSR count). The molecule has 0 bridgehead atoms. The first kappa shape index (κ1) is 14.3. The van der Waals surface area contributed by atoms with Gasteiger partial charge in [-0.3, -0.25) is 4.79 Å². The Morgan fingerprint density at radius 3 is 2.86 bits per heavy atom. The molecule has 0 N–H and O–H groups in total. The van der Waals surface area contributed by atoms with E-state index in [0.29, 0.717) is 19.5 Å². The summed E-state index contributed by atoms with van der Waals surface area (Å²) < 4.78 is 11.0. The molecule has 2 aromatic rings. The molecule has 2 unspecified atom stereocenters. The van der Waals surface area contributed by atoms with Gasteiger partial charge in [0.1, 0.15) is 0 Å². The zero-order chi connectivity index (χ0) is 14.8. The van der Waals surface area contributed by atoms with Crippen LogP contribution in [-0.2, 0) is 16.0 Å². The van der Waals surface area contributed by atoms with E-state index >= 15 is 0 Å². The second kappa shape index (κ2) is 5.99. The van der Waals surface area contributed by atoms with Gasteiger partial charge in [-0.15, -0.1) is 11.3 Å². The number of nitrogens with zero attached hydrogens (tertiary/aromatic N) is 2. The lowest BCUT2D eigenvalue weighted by atomic mass is 10.2. The van der Waals surface area contributed by atoms with Crippen molar-refractivity contribution < 1.29 is 13.9 Å². The molecule has 1 saturated heterocycles. The highest BCUT2D eigenvalue weighted by Crippen LogP contribution is 2.24. The van der Waals surface area contributed by atoms with Crippen molar-refractivity contribution in [3.63, 3.8) is 0 Å². The number of furan rings is 1. The molecule has 0 radical (unpaired) electrons. The highest BCUT2D eigenvalue weighted by molar-refractivity contribution is 7.13. The Hall–Kier alpha value is -1.66. The first-order chi connectivity index (χ1) is 10.1. The van der Waals surface area contributed by atoms with Crippen LogP contribution in [0.3, 0.4) is 0 Å². The second-order valence-electron chi connectivity index (χ2n) is 5.35. The minimum atomic E-state index is 0.0896. The second-order valence-corrected chi connectivity index (χ2v) is 6.21. The molecule has 6 heteroatoms. The molecular weight excluding hydrogens is 288 g/mol. The first-order valence-corrected chi connectivity index (χ1v) is 7.91. The maximum absolute atomic E-state index is 12.4. The van der Waals surface area contributed by atoms with Crippen molar-refractivity contribution in [1.82, 2.24) is 9.88 Å². The van der Waals surface area contributed by atoms with Crippen LogP contribution >= 0.6 is 11.3 Å². The third kappa shape index (κ3) is 3.33. The molecule has 2 aromatic heterocycles. The lowest BCUT2D eigenvalue weighted by Crippen LogP contribution is -2.48. The molecule has 0 aromatic carbocycles. The van der Waals surface area contributed by atoms with Gasteiger partial charge < -0.3 is 14.1 Å². The average molecular weight is 306 g/mol. The van der Waals surface area contributed by atoms with E-state index in [1.807, 2.05) is 36.3 Å².